The van der Waals surface area contributed by atoms with Crippen LogP contribution in [0.4, 0.5) is 0 Å². The van der Waals surface area contributed by atoms with E-state index in [4.69, 9.17) is 4.42 Å². The number of benzene rings is 2. The number of carbonyl (C=O) groups excluding carboxylic acids is 1. The minimum absolute atomic E-state index is 0.0239. The highest BCUT2D eigenvalue weighted by molar-refractivity contribution is 7.90. The van der Waals surface area contributed by atoms with Crippen LogP contribution >= 0.6 is 0 Å². The van der Waals surface area contributed by atoms with E-state index in [1.165, 1.54) is 43.6 Å². The van der Waals surface area contributed by atoms with Crippen molar-refractivity contribution in [3.8, 4) is 11.1 Å². The van der Waals surface area contributed by atoms with Gasteiger partial charge in [0.25, 0.3) is 5.91 Å². The summed E-state index contributed by atoms with van der Waals surface area (Å²) in [6, 6.07) is 19.2. The molecule has 31 heavy (non-hydrogen) atoms. The van der Waals surface area contributed by atoms with Gasteiger partial charge < -0.3 is 9.73 Å². The summed E-state index contributed by atoms with van der Waals surface area (Å²) in [7, 11) is -3.49. The summed E-state index contributed by atoms with van der Waals surface area (Å²) in [6.07, 6.45) is 3.61. The lowest BCUT2D eigenvalue weighted by Gasteiger charge is -2.15. The molecular weight excluding hydrogens is 412 g/mol. The molecule has 3 aromatic rings. The fraction of sp³-hybridized carbons (Fsp3) is 0.292. The molecule has 0 aliphatic carbocycles. The second-order valence-electron chi connectivity index (χ2n) is 7.91. The Morgan fingerprint density at radius 3 is 2.39 bits per heavy atom. The Morgan fingerprint density at radius 2 is 1.71 bits per heavy atom. The zero-order chi connectivity index (χ0) is 21.8. The van der Waals surface area contributed by atoms with Gasteiger partial charge in [0.1, 0.15) is 0 Å². The Labute approximate surface area is 182 Å². The molecule has 0 radical (unpaired) electrons. The monoisotopic (exact) mass is 438 g/mol. The Kier molecular flexibility index (Phi) is 6.25. The lowest BCUT2D eigenvalue weighted by molar-refractivity contribution is 0.0918. The van der Waals surface area contributed by atoms with Gasteiger partial charge in [-0.1, -0.05) is 48.5 Å². The van der Waals surface area contributed by atoms with Crippen molar-refractivity contribution in [2.45, 2.75) is 31.0 Å². The number of carbonyl (C=O) groups is 1. The van der Waals surface area contributed by atoms with E-state index in [0.29, 0.717) is 6.54 Å². The van der Waals surface area contributed by atoms with Crippen LogP contribution in [0.3, 0.4) is 0 Å². The summed E-state index contributed by atoms with van der Waals surface area (Å²) >= 11 is 0. The third kappa shape index (κ3) is 5.24. The lowest BCUT2D eigenvalue weighted by atomic mass is 9.98. The van der Waals surface area contributed by atoms with Crippen LogP contribution in [0.1, 0.15) is 34.5 Å². The van der Waals surface area contributed by atoms with Crippen molar-refractivity contribution >= 4 is 15.7 Å². The molecule has 1 amide bonds. The maximum Gasteiger partial charge on any atom is 0.287 e. The highest BCUT2D eigenvalue weighted by Crippen LogP contribution is 2.25. The second kappa shape index (κ2) is 9.08. The van der Waals surface area contributed by atoms with Crippen molar-refractivity contribution in [3.05, 3.63) is 77.6 Å². The number of furan rings is 1. The predicted octanol–water partition coefficient (Wildman–Crippen LogP) is 3.88. The zero-order valence-corrected chi connectivity index (χ0v) is 18.3. The molecule has 1 aliphatic heterocycles. The number of hydrogen-bond acceptors (Lipinski definition) is 5. The SMILES string of the molecule is CS(=O)(=O)c1ccc(C(=O)NCc2ccccc2-c2ccc(CN3CCCC3)cc2)o1. The average Bonchev–Trinajstić information content (AvgIpc) is 3.45. The van der Waals surface area contributed by atoms with Gasteiger partial charge in [0, 0.05) is 19.3 Å². The van der Waals surface area contributed by atoms with E-state index in [2.05, 4.69) is 34.5 Å². The Morgan fingerprint density at radius 1 is 1.00 bits per heavy atom. The molecule has 0 atom stereocenters. The van der Waals surface area contributed by atoms with Gasteiger partial charge in [0.2, 0.25) is 14.9 Å². The molecule has 7 heteroatoms. The van der Waals surface area contributed by atoms with E-state index >= 15 is 0 Å². The fourth-order valence-corrected chi connectivity index (χ4v) is 4.41. The van der Waals surface area contributed by atoms with E-state index < -0.39 is 15.7 Å². The van der Waals surface area contributed by atoms with Crippen molar-refractivity contribution in [2.75, 3.05) is 19.3 Å². The smallest absolute Gasteiger partial charge is 0.287 e. The Bertz CT molecular complexity index is 1160. The summed E-state index contributed by atoms with van der Waals surface area (Å²) in [6.45, 7) is 3.63. The normalized spacial score (nSPS) is 14.6. The number of likely N-dealkylation sites (tertiary alicyclic amines) is 1. The lowest BCUT2D eigenvalue weighted by Crippen LogP contribution is -2.22. The van der Waals surface area contributed by atoms with Gasteiger partial charge in [0.15, 0.2) is 5.76 Å². The second-order valence-corrected chi connectivity index (χ2v) is 9.86. The highest BCUT2D eigenvalue weighted by Gasteiger charge is 2.17. The topological polar surface area (TPSA) is 79.6 Å². The first kappa shape index (κ1) is 21.3. The van der Waals surface area contributed by atoms with E-state index in [-0.39, 0.29) is 10.9 Å². The molecule has 0 spiro atoms. The molecule has 4 rings (SSSR count). The van der Waals surface area contributed by atoms with Crippen molar-refractivity contribution in [1.82, 2.24) is 10.2 Å². The third-order valence-electron chi connectivity index (χ3n) is 5.50. The number of nitrogens with zero attached hydrogens (tertiary/aromatic N) is 1. The minimum atomic E-state index is -3.49. The predicted molar refractivity (Wildman–Crippen MR) is 119 cm³/mol. The van der Waals surface area contributed by atoms with Gasteiger partial charge in [-0.05, 0) is 60.3 Å². The van der Waals surface area contributed by atoms with Gasteiger partial charge in [0.05, 0.1) is 0 Å². The first-order valence-corrected chi connectivity index (χ1v) is 12.3. The molecule has 0 unspecified atom stereocenters. The van der Waals surface area contributed by atoms with Crippen LogP contribution in [0.25, 0.3) is 11.1 Å². The molecule has 0 bridgehead atoms. The zero-order valence-electron chi connectivity index (χ0n) is 17.5. The number of nitrogens with one attached hydrogen (secondary N) is 1. The number of amides is 1. The standard InChI is InChI=1S/C24H26N2O4S/c1-31(28,29)23-13-12-22(30-23)24(27)25-16-20-6-2-3-7-21(20)19-10-8-18(9-11-19)17-26-14-4-5-15-26/h2-3,6-13H,4-5,14-17H2,1H3,(H,25,27). The molecule has 1 aromatic heterocycles. The molecule has 162 valence electrons. The molecule has 0 saturated carbocycles. The fourth-order valence-electron chi connectivity index (χ4n) is 3.85. The molecule has 2 heterocycles. The van der Waals surface area contributed by atoms with E-state index in [1.807, 2.05) is 24.3 Å². The Balaban J connectivity index is 1.44. The van der Waals surface area contributed by atoms with Crippen LogP contribution in [-0.2, 0) is 22.9 Å². The molecule has 2 aromatic carbocycles. The highest BCUT2D eigenvalue weighted by atomic mass is 32.2. The maximum absolute atomic E-state index is 12.4. The molecule has 1 aliphatic rings. The minimum Gasteiger partial charge on any atom is -0.440 e. The van der Waals surface area contributed by atoms with Crippen molar-refractivity contribution in [1.29, 1.82) is 0 Å². The van der Waals surface area contributed by atoms with Crippen molar-refractivity contribution in [3.63, 3.8) is 0 Å². The van der Waals surface area contributed by atoms with Crippen LogP contribution in [-0.4, -0.2) is 38.6 Å². The quantitative estimate of drug-likeness (QED) is 0.606. The van der Waals surface area contributed by atoms with Crippen LogP contribution < -0.4 is 5.32 Å². The number of rotatable bonds is 7. The van der Waals surface area contributed by atoms with Gasteiger partial charge in [-0.15, -0.1) is 0 Å². The molecule has 1 saturated heterocycles. The van der Waals surface area contributed by atoms with Crippen molar-refractivity contribution < 1.29 is 17.6 Å². The van der Waals surface area contributed by atoms with Gasteiger partial charge in [-0.2, -0.15) is 0 Å². The van der Waals surface area contributed by atoms with Crippen LogP contribution in [0, 0.1) is 0 Å². The summed E-state index contributed by atoms with van der Waals surface area (Å²) in [5.74, 6) is -0.477. The summed E-state index contributed by atoms with van der Waals surface area (Å²) < 4.78 is 28.3. The molecule has 1 N–H and O–H groups in total. The summed E-state index contributed by atoms with van der Waals surface area (Å²) in [5, 5.41) is 2.60. The summed E-state index contributed by atoms with van der Waals surface area (Å²) in [5.41, 5.74) is 4.41. The van der Waals surface area contributed by atoms with Crippen molar-refractivity contribution in [2.24, 2.45) is 0 Å². The number of hydrogen-bond donors (Lipinski definition) is 1. The third-order valence-corrected chi connectivity index (χ3v) is 6.45. The molecular formula is C24H26N2O4S. The average molecular weight is 439 g/mol. The number of sulfone groups is 1. The molecule has 6 nitrogen and oxygen atoms in total. The van der Waals surface area contributed by atoms with Gasteiger partial charge in [-0.3, -0.25) is 9.69 Å². The van der Waals surface area contributed by atoms with Crippen LogP contribution in [0.2, 0.25) is 0 Å². The van der Waals surface area contributed by atoms with Crippen LogP contribution in [0.5, 0.6) is 0 Å². The molecule has 1 fully saturated rings. The van der Waals surface area contributed by atoms with E-state index in [0.717, 1.165) is 29.5 Å². The maximum atomic E-state index is 12.4. The first-order valence-electron chi connectivity index (χ1n) is 10.4. The Hall–Kier alpha value is -2.90. The summed E-state index contributed by atoms with van der Waals surface area (Å²) in [4.78, 5) is 14.9. The van der Waals surface area contributed by atoms with E-state index in [1.54, 1.807) is 0 Å². The van der Waals surface area contributed by atoms with Gasteiger partial charge in [-0.25, -0.2) is 8.42 Å². The largest absolute Gasteiger partial charge is 0.440 e. The van der Waals surface area contributed by atoms with E-state index in [9.17, 15) is 13.2 Å². The van der Waals surface area contributed by atoms with Crippen LogP contribution in [0.15, 0.2) is 70.2 Å². The van der Waals surface area contributed by atoms with Gasteiger partial charge >= 0.3 is 0 Å². The first-order chi connectivity index (χ1) is 14.9.